The van der Waals surface area contributed by atoms with Gasteiger partial charge < -0.3 is 15.2 Å². The van der Waals surface area contributed by atoms with Crippen LogP contribution < -0.4 is 5.73 Å². The molecule has 2 rings (SSSR count). The largest absolute Gasteiger partial charge is 0.369 e. The van der Waals surface area contributed by atoms with Crippen LogP contribution >= 0.6 is 0 Å². The summed E-state index contributed by atoms with van der Waals surface area (Å²) >= 11 is 0. The second-order valence-corrected chi connectivity index (χ2v) is 4.18. The van der Waals surface area contributed by atoms with Crippen LogP contribution in [0.1, 0.15) is 12.8 Å². The minimum Gasteiger partial charge on any atom is -0.369 e. The number of anilines is 1. The average Bonchev–Trinajstić information content (AvgIpc) is 2.56. The van der Waals surface area contributed by atoms with E-state index in [4.69, 9.17) is 5.73 Å². The molecule has 0 radical (unpaired) electrons. The third kappa shape index (κ3) is 2.07. The SMILES string of the molecule is CN1CCC(Cn2ccnc2N)CC1. The van der Waals surface area contributed by atoms with E-state index in [0.29, 0.717) is 5.95 Å². The van der Waals surface area contributed by atoms with Gasteiger partial charge in [0.1, 0.15) is 0 Å². The van der Waals surface area contributed by atoms with Crippen molar-refractivity contribution >= 4 is 5.95 Å². The molecule has 4 heteroatoms. The van der Waals surface area contributed by atoms with Gasteiger partial charge in [-0.25, -0.2) is 4.98 Å². The van der Waals surface area contributed by atoms with E-state index in [9.17, 15) is 0 Å². The van der Waals surface area contributed by atoms with Crippen LogP contribution in [0.5, 0.6) is 0 Å². The van der Waals surface area contributed by atoms with E-state index in [1.54, 1.807) is 6.20 Å². The Bertz CT molecular complexity index is 286. The van der Waals surface area contributed by atoms with Crippen molar-refractivity contribution in [3.63, 3.8) is 0 Å². The molecular formula is C10H18N4. The normalized spacial score (nSPS) is 20.1. The molecule has 0 atom stereocenters. The van der Waals surface area contributed by atoms with Gasteiger partial charge in [-0.05, 0) is 38.9 Å². The molecule has 1 aliphatic rings. The molecule has 78 valence electrons. The van der Waals surface area contributed by atoms with E-state index >= 15 is 0 Å². The summed E-state index contributed by atoms with van der Waals surface area (Å²) in [4.78, 5) is 6.41. The van der Waals surface area contributed by atoms with Gasteiger partial charge in [-0.1, -0.05) is 0 Å². The van der Waals surface area contributed by atoms with Gasteiger partial charge in [-0.2, -0.15) is 0 Å². The van der Waals surface area contributed by atoms with Gasteiger partial charge in [0.05, 0.1) is 0 Å². The Balaban J connectivity index is 1.89. The highest BCUT2D eigenvalue weighted by molar-refractivity contribution is 5.16. The third-order valence-corrected chi connectivity index (χ3v) is 3.04. The summed E-state index contributed by atoms with van der Waals surface area (Å²) in [6, 6.07) is 0. The summed E-state index contributed by atoms with van der Waals surface area (Å²) in [5, 5.41) is 0. The molecule has 4 nitrogen and oxygen atoms in total. The molecule has 1 saturated heterocycles. The van der Waals surface area contributed by atoms with Crippen molar-refractivity contribution in [1.29, 1.82) is 0 Å². The number of hydrogen-bond donors (Lipinski definition) is 1. The van der Waals surface area contributed by atoms with Crippen molar-refractivity contribution in [3.8, 4) is 0 Å². The maximum Gasteiger partial charge on any atom is 0.200 e. The zero-order valence-corrected chi connectivity index (χ0v) is 8.69. The topological polar surface area (TPSA) is 47.1 Å². The van der Waals surface area contributed by atoms with Crippen LogP contribution in [0.15, 0.2) is 12.4 Å². The van der Waals surface area contributed by atoms with Crippen LogP contribution in [0.2, 0.25) is 0 Å². The van der Waals surface area contributed by atoms with Crippen molar-refractivity contribution in [2.45, 2.75) is 19.4 Å². The Hall–Kier alpha value is -1.03. The Morgan fingerprint density at radius 1 is 1.50 bits per heavy atom. The first-order valence-electron chi connectivity index (χ1n) is 5.21. The number of likely N-dealkylation sites (tertiary alicyclic amines) is 1. The van der Waals surface area contributed by atoms with E-state index in [-0.39, 0.29) is 0 Å². The summed E-state index contributed by atoms with van der Waals surface area (Å²) in [6.45, 7) is 3.44. The summed E-state index contributed by atoms with van der Waals surface area (Å²) in [5.74, 6) is 1.41. The number of nitrogen functional groups attached to an aromatic ring is 1. The second-order valence-electron chi connectivity index (χ2n) is 4.18. The summed E-state index contributed by atoms with van der Waals surface area (Å²) in [7, 11) is 2.18. The fourth-order valence-corrected chi connectivity index (χ4v) is 2.02. The van der Waals surface area contributed by atoms with Crippen LogP contribution in [-0.4, -0.2) is 34.6 Å². The Kier molecular flexibility index (Phi) is 2.72. The fourth-order valence-electron chi connectivity index (χ4n) is 2.02. The highest BCUT2D eigenvalue weighted by Crippen LogP contribution is 2.18. The zero-order valence-electron chi connectivity index (χ0n) is 8.69. The number of nitrogens with two attached hydrogens (primary N) is 1. The predicted molar refractivity (Wildman–Crippen MR) is 56.9 cm³/mol. The van der Waals surface area contributed by atoms with Crippen molar-refractivity contribution in [2.75, 3.05) is 25.9 Å². The van der Waals surface area contributed by atoms with Crippen molar-refractivity contribution in [2.24, 2.45) is 5.92 Å². The van der Waals surface area contributed by atoms with Gasteiger partial charge in [0.15, 0.2) is 5.95 Å². The molecule has 0 bridgehead atoms. The lowest BCUT2D eigenvalue weighted by atomic mass is 9.97. The minimum absolute atomic E-state index is 0.643. The Labute approximate surface area is 84.7 Å². The molecule has 0 saturated carbocycles. The Morgan fingerprint density at radius 2 is 2.21 bits per heavy atom. The van der Waals surface area contributed by atoms with Gasteiger partial charge >= 0.3 is 0 Å². The average molecular weight is 194 g/mol. The number of hydrogen-bond acceptors (Lipinski definition) is 3. The molecule has 0 amide bonds. The maximum absolute atomic E-state index is 5.73. The first-order chi connectivity index (χ1) is 6.75. The molecule has 2 heterocycles. The standard InChI is InChI=1S/C10H18N4/c1-13-5-2-9(3-6-13)8-14-7-4-12-10(14)11/h4,7,9H,2-3,5-6,8H2,1H3,(H2,11,12). The maximum atomic E-state index is 5.73. The smallest absolute Gasteiger partial charge is 0.200 e. The molecular weight excluding hydrogens is 176 g/mol. The van der Waals surface area contributed by atoms with Crippen LogP contribution in [-0.2, 0) is 6.54 Å². The van der Waals surface area contributed by atoms with Gasteiger partial charge in [-0.3, -0.25) is 0 Å². The highest BCUT2D eigenvalue weighted by Gasteiger charge is 2.17. The zero-order chi connectivity index (χ0) is 9.97. The number of nitrogens with zero attached hydrogens (tertiary/aromatic N) is 3. The number of rotatable bonds is 2. The highest BCUT2D eigenvalue weighted by atomic mass is 15.1. The quantitative estimate of drug-likeness (QED) is 0.757. The van der Waals surface area contributed by atoms with Crippen LogP contribution in [0.4, 0.5) is 5.95 Å². The number of imidazole rings is 1. The monoisotopic (exact) mass is 194 g/mol. The third-order valence-electron chi connectivity index (χ3n) is 3.04. The second kappa shape index (κ2) is 4.00. The van der Waals surface area contributed by atoms with E-state index < -0.39 is 0 Å². The van der Waals surface area contributed by atoms with Crippen LogP contribution in [0.3, 0.4) is 0 Å². The minimum atomic E-state index is 0.643. The molecule has 0 unspecified atom stereocenters. The fraction of sp³-hybridized carbons (Fsp3) is 0.700. The van der Waals surface area contributed by atoms with Gasteiger partial charge in [0.25, 0.3) is 0 Å². The Morgan fingerprint density at radius 3 is 2.79 bits per heavy atom. The molecule has 2 N–H and O–H groups in total. The molecule has 14 heavy (non-hydrogen) atoms. The molecule has 0 aliphatic carbocycles. The summed E-state index contributed by atoms with van der Waals surface area (Å²) in [6.07, 6.45) is 6.28. The predicted octanol–water partition coefficient (Wildman–Crippen LogP) is 0.807. The van der Waals surface area contributed by atoms with Crippen LogP contribution in [0.25, 0.3) is 0 Å². The van der Waals surface area contributed by atoms with Crippen molar-refractivity contribution < 1.29 is 0 Å². The first kappa shape index (κ1) is 9.52. The van der Waals surface area contributed by atoms with Gasteiger partial charge in [-0.15, -0.1) is 0 Å². The molecule has 1 aromatic heterocycles. The van der Waals surface area contributed by atoms with E-state index in [1.807, 2.05) is 6.20 Å². The summed E-state index contributed by atoms with van der Waals surface area (Å²) in [5.41, 5.74) is 5.73. The van der Waals surface area contributed by atoms with Gasteiger partial charge in [0, 0.05) is 18.9 Å². The number of piperidine rings is 1. The molecule has 1 aromatic rings. The molecule has 0 aromatic carbocycles. The van der Waals surface area contributed by atoms with Gasteiger partial charge in [0.2, 0.25) is 0 Å². The molecule has 0 spiro atoms. The first-order valence-corrected chi connectivity index (χ1v) is 5.21. The van der Waals surface area contributed by atoms with Crippen LogP contribution in [0, 0.1) is 5.92 Å². The van der Waals surface area contributed by atoms with Crippen molar-refractivity contribution in [3.05, 3.63) is 12.4 Å². The lowest BCUT2D eigenvalue weighted by molar-refractivity contribution is 0.205. The number of aromatic nitrogens is 2. The van der Waals surface area contributed by atoms with E-state index in [0.717, 1.165) is 12.5 Å². The van der Waals surface area contributed by atoms with E-state index in [1.165, 1.54) is 25.9 Å². The molecule has 1 aliphatic heterocycles. The lowest BCUT2D eigenvalue weighted by Gasteiger charge is -2.29. The van der Waals surface area contributed by atoms with Crippen molar-refractivity contribution in [1.82, 2.24) is 14.5 Å². The molecule has 1 fully saturated rings. The summed E-state index contributed by atoms with van der Waals surface area (Å²) < 4.78 is 2.05. The van der Waals surface area contributed by atoms with E-state index in [2.05, 4.69) is 21.5 Å². The lowest BCUT2D eigenvalue weighted by Crippen LogP contribution is -2.31.